The lowest BCUT2D eigenvalue weighted by Gasteiger charge is -1.99. The van der Waals surface area contributed by atoms with Crippen LogP contribution in [0, 0.1) is 12.7 Å². The number of rotatable bonds is 3. The highest BCUT2D eigenvalue weighted by Gasteiger charge is 2.15. The van der Waals surface area contributed by atoms with Crippen LogP contribution in [0.1, 0.15) is 30.5 Å². The van der Waals surface area contributed by atoms with Crippen LogP contribution in [0.25, 0.3) is 0 Å². The van der Waals surface area contributed by atoms with Crippen molar-refractivity contribution in [3.8, 4) is 0 Å². The molecule has 1 aromatic carbocycles. The number of aryl methyl sites for hydroxylation is 1. The first-order chi connectivity index (χ1) is 8.11. The lowest BCUT2D eigenvalue weighted by atomic mass is 10.0. The molecule has 1 heterocycles. The Hall–Kier alpha value is -1.81. The molecule has 0 spiro atoms. The minimum Gasteiger partial charge on any atom is -0.297 e. The maximum atomic E-state index is 13.0. The van der Waals surface area contributed by atoms with Crippen LogP contribution in [0.2, 0.25) is 0 Å². The normalized spacial score (nSPS) is 10.2. The highest BCUT2D eigenvalue weighted by Crippen LogP contribution is 2.23. The van der Waals surface area contributed by atoms with Crippen LogP contribution in [0.3, 0.4) is 0 Å². The van der Waals surface area contributed by atoms with E-state index in [0.29, 0.717) is 22.3 Å². The molecular formula is C13H9FO2S. The smallest absolute Gasteiger partial charge is 0.194 e. The second-order valence-electron chi connectivity index (χ2n) is 3.58. The van der Waals surface area contributed by atoms with Gasteiger partial charge in [0.15, 0.2) is 12.1 Å². The summed E-state index contributed by atoms with van der Waals surface area (Å²) in [5.74, 6) is -0.703. The predicted octanol–water partition coefficient (Wildman–Crippen LogP) is 3.24. The molecule has 4 heteroatoms. The molecule has 2 nitrogen and oxygen atoms in total. The molecule has 0 unspecified atom stereocenters. The largest absolute Gasteiger partial charge is 0.297 e. The third-order valence-electron chi connectivity index (χ3n) is 2.38. The molecule has 0 fully saturated rings. The minimum atomic E-state index is -0.445. The van der Waals surface area contributed by atoms with E-state index in [1.807, 2.05) is 0 Å². The number of hydrogen-bond donors (Lipinski definition) is 0. The highest BCUT2D eigenvalue weighted by atomic mass is 32.1. The fourth-order valence-electron chi connectivity index (χ4n) is 1.57. The fourth-order valence-corrected chi connectivity index (χ4v) is 2.41. The number of carbonyl (C=O) groups excluding carboxylic acids is 2. The molecule has 2 rings (SSSR count). The lowest BCUT2D eigenvalue weighted by molar-refractivity contribution is 0.103. The molecule has 17 heavy (non-hydrogen) atoms. The summed E-state index contributed by atoms with van der Waals surface area (Å²) in [5, 5.41) is 0. The zero-order valence-corrected chi connectivity index (χ0v) is 9.88. The molecule has 0 aliphatic heterocycles. The summed E-state index contributed by atoms with van der Waals surface area (Å²) in [4.78, 5) is 24.0. The van der Waals surface area contributed by atoms with Crippen LogP contribution in [-0.4, -0.2) is 12.1 Å². The zero-order chi connectivity index (χ0) is 12.4. The van der Waals surface area contributed by atoms with Gasteiger partial charge in [0.2, 0.25) is 0 Å². The van der Waals surface area contributed by atoms with E-state index in [2.05, 4.69) is 0 Å². The maximum Gasteiger partial charge on any atom is 0.194 e. The SMILES string of the molecule is Cc1sc(C=O)cc1C(=O)c1cccc(F)c1. The van der Waals surface area contributed by atoms with Gasteiger partial charge in [-0.25, -0.2) is 4.39 Å². The van der Waals surface area contributed by atoms with E-state index in [-0.39, 0.29) is 5.78 Å². The van der Waals surface area contributed by atoms with E-state index in [1.54, 1.807) is 19.1 Å². The maximum absolute atomic E-state index is 13.0. The number of aldehydes is 1. The van der Waals surface area contributed by atoms with E-state index in [9.17, 15) is 14.0 Å². The van der Waals surface area contributed by atoms with E-state index in [1.165, 1.54) is 29.5 Å². The van der Waals surface area contributed by atoms with Crippen LogP contribution in [0.15, 0.2) is 30.3 Å². The van der Waals surface area contributed by atoms with Gasteiger partial charge >= 0.3 is 0 Å². The van der Waals surface area contributed by atoms with E-state index >= 15 is 0 Å². The van der Waals surface area contributed by atoms with Crippen molar-refractivity contribution in [3.05, 3.63) is 57.0 Å². The van der Waals surface area contributed by atoms with Crippen molar-refractivity contribution < 1.29 is 14.0 Å². The van der Waals surface area contributed by atoms with E-state index < -0.39 is 5.82 Å². The Kier molecular flexibility index (Phi) is 3.15. The zero-order valence-electron chi connectivity index (χ0n) is 9.07. The summed E-state index contributed by atoms with van der Waals surface area (Å²) in [6.45, 7) is 1.77. The van der Waals surface area contributed by atoms with Gasteiger partial charge in [0, 0.05) is 16.0 Å². The topological polar surface area (TPSA) is 34.1 Å². The van der Waals surface area contributed by atoms with Gasteiger partial charge in [0.1, 0.15) is 5.82 Å². The van der Waals surface area contributed by atoms with E-state index in [0.717, 1.165) is 4.88 Å². The monoisotopic (exact) mass is 248 g/mol. The van der Waals surface area contributed by atoms with Gasteiger partial charge in [-0.1, -0.05) is 12.1 Å². The van der Waals surface area contributed by atoms with Gasteiger partial charge in [-0.2, -0.15) is 0 Å². The Labute approximate surface area is 102 Å². The van der Waals surface area contributed by atoms with Crippen molar-refractivity contribution in [2.45, 2.75) is 6.92 Å². The second-order valence-corrected chi connectivity index (χ2v) is 4.86. The van der Waals surface area contributed by atoms with Crippen molar-refractivity contribution in [1.82, 2.24) is 0 Å². The fraction of sp³-hybridized carbons (Fsp3) is 0.0769. The van der Waals surface area contributed by atoms with Crippen LogP contribution in [0.4, 0.5) is 4.39 Å². The van der Waals surface area contributed by atoms with Crippen molar-refractivity contribution in [2.75, 3.05) is 0 Å². The Morgan fingerprint density at radius 3 is 2.71 bits per heavy atom. The summed E-state index contributed by atoms with van der Waals surface area (Å²) >= 11 is 1.26. The average Bonchev–Trinajstić information content (AvgIpc) is 2.69. The molecular weight excluding hydrogens is 239 g/mol. The molecule has 86 valence electrons. The van der Waals surface area contributed by atoms with Crippen LogP contribution in [-0.2, 0) is 0 Å². The van der Waals surface area contributed by atoms with Crippen molar-refractivity contribution in [2.24, 2.45) is 0 Å². The Balaban J connectivity index is 2.43. The minimum absolute atomic E-state index is 0.258. The average molecular weight is 248 g/mol. The first-order valence-electron chi connectivity index (χ1n) is 4.97. The van der Waals surface area contributed by atoms with Gasteiger partial charge in [-0.15, -0.1) is 11.3 Å². The molecule has 0 amide bonds. The number of thiophene rings is 1. The molecule has 2 aromatic rings. The molecule has 0 saturated heterocycles. The quantitative estimate of drug-likeness (QED) is 0.617. The van der Waals surface area contributed by atoms with Crippen molar-refractivity contribution in [3.63, 3.8) is 0 Å². The second kappa shape index (κ2) is 4.59. The van der Waals surface area contributed by atoms with Crippen LogP contribution < -0.4 is 0 Å². The standard InChI is InChI=1S/C13H9FO2S/c1-8-12(6-11(7-15)17-8)13(16)9-3-2-4-10(14)5-9/h2-7H,1H3. The molecule has 0 bridgehead atoms. The third kappa shape index (κ3) is 2.31. The molecule has 0 aliphatic rings. The summed E-state index contributed by atoms with van der Waals surface area (Å²) in [6, 6.07) is 7.07. The summed E-state index contributed by atoms with van der Waals surface area (Å²) < 4.78 is 13.0. The third-order valence-corrected chi connectivity index (χ3v) is 3.36. The van der Waals surface area contributed by atoms with Crippen molar-refractivity contribution in [1.29, 1.82) is 0 Å². The summed E-state index contributed by atoms with van der Waals surface area (Å²) in [5.41, 5.74) is 0.756. The summed E-state index contributed by atoms with van der Waals surface area (Å²) in [6.07, 6.45) is 0.708. The van der Waals surface area contributed by atoms with Gasteiger partial charge in [-0.05, 0) is 25.1 Å². The predicted molar refractivity (Wildman–Crippen MR) is 64.3 cm³/mol. The molecule has 0 radical (unpaired) electrons. The van der Waals surface area contributed by atoms with Crippen molar-refractivity contribution >= 4 is 23.4 Å². The van der Waals surface area contributed by atoms with Gasteiger partial charge < -0.3 is 0 Å². The Bertz CT molecular complexity index is 587. The molecule has 1 aromatic heterocycles. The van der Waals surface area contributed by atoms with E-state index in [4.69, 9.17) is 0 Å². The van der Waals surface area contributed by atoms with Crippen LogP contribution in [0.5, 0.6) is 0 Å². The van der Waals surface area contributed by atoms with Gasteiger partial charge in [-0.3, -0.25) is 9.59 Å². The Morgan fingerprint density at radius 2 is 2.12 bits per heavy atom. The highest BCUT2D eigenvalue weighted by molar-refractivity contribution is 7.14. The number of halogens is 1. The number of benzene rings is 1. The molecule has 0 atom stereocenters. The molecule has 0 aliphatic carbocycles. The number of carbonyl (C=O) groups is 2. The first kappa shape index (κ1) is 11.7. The molecule has 0 saturated carbocycles. The van der Waals surface area contributed by atoms with Gasteiger partial charge in [0.05, 0.1) is 4.88 Å². The Morgan fingerprint density at radius 1 is 1.35 bits per heavy atom. The summed E-state index contributed by atoms with van der Waals surface area (Å²) in [7, 11) is 0. The van der Waals surface area contributed by atoms with Gasteiger partial charge in [0.25, 0.3) is 0 Å². The van der Waals surface area contributed by atoms with Crippen LogP contribution >= 0.6 is 11.3 Å². The number of hydrogen-bond acceptors (Lipinski definition) is 3. The lowest BCUT2D eigenvalue weighted by Crippen LogP contribution is -2.01. The number of ketones is 1. The first-order valence-corrected chi connectivity index (χ1v) is 5.79. The molecule has 0 N–H and O–H groups in total.